The topological polar surface area (TPSA) is 12.0 Å². The van der Waals surface area contributed by atoms with Crippen molar-refractivity contribution in [2.45, 2.75) is 69.6 Å². The number of aryl methyl sites for hydroxylation is 1. The summed E-state index contributed by atoms with van der Waals surface area (Å²) in [5.41, 5.74) is 10.2. The number of hydrogen-bond donors (Lipinski definition) is 1. The molecule has 40 heavy (non-hydrogen) atoms. The van der Waals surface area contributed by atoms with Crippen LogP contribution in [0.5, 0.6) is 0 Å². The van der Waals surface area contributed by atoms with Gasteiger partial charge >= 0.3 is 0 Å². The Balaban J connectivity index is 1.50. The number of anilines is 1. The SMILES string of the molecule is C=C(/C=C/C1=C(Sc2ccccc2)C(=C/C=C2/Nc3ccccc3C2(C)C)/CCC1)C(C)(C)c1ccccc1C. The highest BCUT2D eigenvalue weighted by atomic mass is 32.2. The average molecular weight is 544 g/mol. The Bertz CT molecular complexity index is 1530. The van der Waals surface area contributed by atoms with Crippen LogP contribution in [0.1, 0.15) is 63.6 Å². The number of allylic oxidation sites excluding steroid dienone is 8. The molecule has 1 aliphatic heterocycles. The second-order valence-corrected chi connectivity index (χ2v) is 13.1. The third kappa shape index (κ3) is 5.69. The molecule has 2 heteroatoms. The smallest absolute Gasteiger partial charge is 0.0424 e. The van der Waals surface area contributed by atoms with Crippen molar-refractivity contribution in [3.05, 3.63) is 154 Å². The molecule has 0 amide bonds. The molecule has 0 fully saturated rings. The van der Waals surface area contributed by atoms with Crippen LogP contribution >= 0.6 is 11.8 Å². The van der Waals surface area contributed by atoms with Gasteiger partial charge < -0.3 is 5.32 Å². The van der Waals surface area contributed by atoms with E-state index in [0.717, 1.165) is 24.8 Å². The first-order valence-electron chi connectivity index (χ1n) is 14.4. The van der Waals surface area contributed by atoms with E-state index in [-0.39, 0.29) is 10.8 Å². The van der Waals surface area contributed by atoms with Crippen LogP contribution in [0.2, 0.25) is 0 Å². The zero-order valence-electron chi connectivity index (χ0n) is 24.6. The number of hydrogen-bond acceptors (Lipinski definition) is 2. The fraction of sp³-hybridized carbons (Fsp3) is 0.263. The van der Waals surface area contributed by atoms with Crippen molar-refractivity contribution in [1.82, 2.24) is 0 Å². The van der Waals surface area contributed by atoms with Gasteiger partial charge in [0.2, 0.25) is 0 Å². The van der Waals surface area contributed by atoms with Gasteiger partial charge in [-0.2, -0.15) is 0 Å². The highest BCUT2D eigenvalue weighted by Crippen LogP contribution is 2.45. The number of benzene rings is 3. The zero-order chi connectivity index (χ0) is 28.3. The molecule has 0 saturated carbocycles. The maximum atomic E-state index is 4.53. The molecule has 0 spiro atoms. The highest BCUT2D eigenvalue weighted by Gasteiger charge is 2.34. The van der Waals surface area contributed by atoms with Gasteiger partial charge in [-0.05, 0) is 83.9 Å². The molecule has 0 atom stereocenters. The summed E-state index contributed by atoms with van der Waals surface area (Å²) < 4.78 is 0. The van der Waals surface area contributed by atoms with Gasteiger partial charge in [0.15, 0.2) is 0 Å². The van der Waals surface area contributed by atoms with Crippen LogP contribution in [0, 0.1) is 6.92 Å². The lowest BCUT2D eigenvalue weighted by Gasteiger charge is -2.28. The molecule has 5 rings (SSSR count). The van der Waals surface area contributed by atoms with E-state index in [4.69, 9.17) is 0 Å². The normalized spacial score (nSPS) is 18.8. The highest BCUT2D eigenvalue weighted by molar-refractivity contribution is 8.03. The van der Waals surface area contributed by atoms with E-state index in [1.165, 1.54) is 49.0 Å². The van der Waals surface area contributed by atoms with Crippen molar-refractivity contribution in [3.63, 3.8) is 0 Å². The summed E-state index contributed by atoms with van der Waals surface area (Å²) in [6.07, 6.45) is 12.6. The number of thioether (sulfide) groups is 1. The summed E-state index contributed by atoms with van der Waals surface area (Å²) in [5, 5.41) is 3.68. The largest absolute Gasteiger partial charge is 0.358 e. The van der Waals surface area contributed by atoms with E-state index < -0.39 is 0 Å². The number of para-hydroxylation sites is 1. The molecule has 3 aromatic rings. The van der Waals surface area contributed by atoms with Gasteiger partial charge in [-0.25, -0.2) is 0 Å². The Morgan fingerprint density at radius 1 is 0.900 bits per heavy atom. The van der Waals surface area contributed by atoms with Crippen molar-refractivity contribution in [2.24, 2.45) is 0 Å². The first-order chi connectivity index (χ1) is 19.2. The van der Waals surface area contributed by atoms with Gasteiger partial charge in [0.25, 0.3) is 0 Å². The number of rotatable bonds is 7. The molecule has 204 valence electrons. The van der Waals surface area contributed by atoms with Gasteiger partial charge in [-0.3, -0.25) is 0 Å². The minimum Gasteiger partial charge on any atom is -0.358 e. The Morgan fingerprint density at radius 2 is 1.60 bits per heavy atom. The molecule has 0 radical (unpaired) electrons. The minimum absolute atomic E-state index is 0.0413. The maximum Gasteiger partial charge on any atom is 0.0424 e. The molecule has 1 heterocycles. The van der Waals surface area contributed by atoms with Gasteiger partial charge in [0.1, 0.15) is 0 Å². The Labute approximate surface area is 245 Å². The number of nitrogens with one attached hydrogen (secondary N) is 1. The van der Waals surface area contributed by atoms with E-state index in [1.54, 1.807) is 0 Å². The second-order valence-electron chi connectivity index (χ2n) is 12.0. The van der Waals surface area contributed by atoms with Crippen LogP contribution in [0.4, 0.5) is 5.69 Å². The number of fused-ring (bicyclic) bond motifs is 1. The van der Waals surface area contributed by atoms with Crippen molar-refractivity contribution < 1.29 is 0 Å². The average Bonchev–Trinajstić information content (AvgIpc) is 3.21. The Hall–Kier alpha value is -3.49. The van der Waals surface area contributed by atoms with Crippen LogP contribution in [0.15, 0.2) is 142 Å². The molecule has 0 aromatic heterocycles. The molecule has 0 saturated heterocycles. The Kier molecular flexibility index (Phi) is 8.10. The van der Waals surface area contributed by atoms with Crippen LogP contribution in [0.25, 0.3) is 0 Å². The molecule has 3 aromatic carbocycles. The van der Waals surface area contributed by atoms with E-state index in [1.807, 2.05) is 11.8 Å². The Morgan fingerprint density at radius 3 is 2.35 bits per heavy atom. The van der Waals surface area contributed by atoms with Crippen LogP contribution in [0.3, 0.4) is 0 Å². The third-order valence-corrected chi connectivity index (χ3v) is 9.78. The van der Waals surface area contributed by atoms with Crippen molar-refractivity contribution in [2.75, 3.05) is 5.32 Å². The van der Waals surface area contributed by atoms with Gasteiger partial charge in [-0.1, -0.05) is 125 Å². The fourth-order valence-electron chi connectivity index (χ4n) is 5.83. The lowest BCUT2D eigenvalue weighted by Crippen LogP contribution is -2.20. The van der Waals surface area contributed by atoms with Gasteiger partial charge in [0, 0.05) is 32.0 Å². The molecule has 1 aliphatic carbocycles. The predicted octanol–water partition coefficient (Wildman–Crippen LogP) is 10.8. The summed E-state index contributed by atoms with van der Waals surface area (Å²) in [5.74, 6) is 0. The first-order valence-corrected chi connectivity index (χ1v) is 15.2. The van der Waals surface area contributed by atoms with E-state index in [2.05, 4.69) is 150 Å². The quantitative estimate of drug-likeness (QED) is 0.297. The molecular weight excluding hydrogens is 502 g/mol. The first kappa shape index (κ1) is 28.1. The summed E-state index contributed by atoms with van der Waals surface area (Å²) in [6.45, 7) is 15.9. The van der Waals surface area contributed by atoms with Crippen molar-refractivity contribution in [1.29, 1.82) is 0 Å². The molecule has 1 nitrogen and oxygen atoms in total. The summed E-state index contributed by atoms with van der Waals surface area (Å²) in [7, 11) is 0. The molecule has 0 bridgehead atoms. The second kappa shape index (κ2) is 11.6. The molecule has 2 aliphatic rings. The van der Waals surface area contributed by atoms with E-state index in [9.17, 15) is 0 Å². The minimum atomic E-state index is -0.137. The summed E-state index contributed by atoms with van der Waals surface area (Å²) >= 11 is 1.89. The van der Waals surface area contributed by atoms with E-state index in [0.29, 0.717) is 0 Å². The fourth-order valence-corrected chi connectivity index (χ4v) is 6.96. The molecule has 1 N–H and O–H groups in total. The van der Waals surface area contributed by atoms with Gasteiger partial charge in [-0.15, -0.1) is 0 Å². The maximum absolute atomic E-state index is 4.53. The predicted molar refractivity (Wildman–Crippen MR) is 175 cm³/mol. The van der Waals surface area contributed by atoms with Crippen LogP contribution in [-0.2, 0) is 10.8 Å². The standard InChI is InChI=1S/C38H41NS/c1-27-15-10-11-20-32(27)37(3,4)28(2)23-24-29-16-14-17-30(36(29)40-31-18-8-7-9-19-31)25-26-35-38(5,6)33-21-12-13-22-34(33)39-35/h7-13,15,18-26,39H,2,14,16-17H2,1,3-6H3/b24-23+,30-25+,35-26+. The lowest BCUT2D eigenvalue weighted by atomic mass is 9.76. The summed E-state index contributed by atoms with van der Waals surface area (Å²) in [6, 6.07) is 28.1. The van der Waals surface area contributed by atoms with Crippen LogP contribution in [-0.4, -0.2) is 0 Å². The molecular formula is C38H41NS. The molecule has 0 unspecified atom stereocenters. The van der Waals surface area contributed by atoms with Crippen molar-refractivity contribution in [3.8, 4) is 0 Å². The third-order valence-electron chi connectivity index (χ3n) is 8.54. The lowest BCUT2D eigenvalue weighted by molar-refractivity contribution is 0.636. The zero-order valence-corrected chi connectivity index (χ0v) is 25.4. The van der Waals surface area contributed by atoms with Crippen LogP contribution < -0.4 is 5.32 Å². The monoisotopic (exact) mass is 543 g/mol. The van der Waals surface area contributed by atoms with E-state index >= 15 is 0 Å². The summed E-state index contributed by atoms with van der Waals surface area (Å²) in [4.78, 5) is 2.65. The van der Waals surface area contributed by atoms with Crippen molar-refractivity contribution >= 4 is 17.4 Å². The van der Waals surface area contributed by atoms with Gasteiger partial charge in [0.05, 0.1) is 0 Å².